The molecule has 1 unspecified atom stereocenters. The van der Waals surface area contributed by atoms with E-state index in [9.17, 15) is 4.79 Å². The molecule has 0 spiro atoms. The summed E-state index contributed by atoms with van der Waals surface area (Å²) in [5.74, 6) is 2.69. The van der Waals surface area contributed by atoms with Crippen molar-refractivity contribution in [1.82, 2.24) is 5.32 Å². The van der Waals surface area contributed by atoms with Crippen LogP contribution in [0.3, 0.4) is 0 Å². The number of ether oxygens (including phenoxy) is 1. The first-order valence-electron chi connectivity index (χ1n) is 6.14. The summed E-state index contributed by atoms with van der Waals surface area (Å²) >= 11 is 0. The number of hydrogen-bond donors (Lipinski definition) is 1. The second-order valence-electron chi connectivity index (χ2n) is 4.20. The molecule has 1 aliphatic rings. The molecule has 3 nitrogen and oxygen atoms in total. The van der Waals surface area contributed by atoms with Gasteiger partial charge in [-0.25, -0.2) is 0 Å². The van der Waals surface area contributed by atoms with Crippen molar-refractivity contribution in [3.8, 4) is 12.3 Å². The molecule has 1 N–H and O–H groups in total. The topological polar surface area (TPSA) is 38.3 Å². The predicted molar refractivity (Wildman–Crippen MR) is 63.9 cm³/mol. The highest BCUT2D eigenvalue weighted by Crippen LogP contribution is 2.15. The molecule has 1 heterocycles. The number of carbonyl (C=O) groups excluding carboxylic acids is 1. The molecule has 3 heteroatoms. The Kier molecular flexibility index (Phi) is 6.67. The average Bonchev–Trinajstić information content (AvgIpc) is 2.30. The number of amides is 1. The third-order valence-electron chi connectivity index (χ3n) is 2.76. The summed E-state index contributed by atoms with van der Waals surface area (Å²) in [5, 5.41) is 2.90. The molecule has 1 fully saturated rings. The zero-order valence-corrected chi connectivity index (χ0v) is 9.84. The number of carbonyl (C=O) groups is 1. The maximum atomic E-state index is 11.5. The molecule has 16 heavy (non-hydrogen) atoms. The molecule has 0 radical (unpaired) electrons. The van der Waals surface area contributed by atoms with E-state index in [1.54, 1.807) is 0 Å². The summed E-state index contributed by atoms with van der Waals surface area (Å²) < 4.78 is 5.51. The van der Waals surface area contributed by atoms with Gasteiger partial charge in [-0.1, -0.05) is 0 Å². The standard InChI is InChI=1S/C13H21NO2/c1-2-3-4-6-9-14-13(15)11-12-8-5-7-10-16-12/h1,12H,3-11H2,(H,14,15). The molecular weight excluding hydrogens is 202 g/mol. The van der Waals surface area contributed by atoms with Gasteiger partial charge in [-0.2, -0.15) is 0 Å². The number of nitrogens with one attached hydrogen (secondary N) is 1. The Morgan fingerprint density at radius 1 is 1.44 bits per heavy atom. The van der Waals surface area contributed by atoms with Crippen LogP contribution >= 0.6 is 0 Å². The lowest BCUT2D eigenvalue weighted by Gasteiger charge is -2.21. The quantitative estimate of drug-likeness (QED) is 0.551. The molecular formula is C13H21NO2. The zero-order chi connectivity index (χ0) is 11.6. The van der Waals surface area contributed by atoms with Gasteiger partial charge in [0.25, 0.3) is 0 Å². The van der Waals surface area contributed by atoms with Crippen molar-refractivity contribution in [2.24, 2.45) is 0 Å². The molecule has 0 aromatic rings. The normalized spacial score (nSPS) is 20.1. The van der Waals surface area contributed by atoms with Crippen LogP contribution in [-0.4, -0.2) is 25.2 Å². The molecule has 1 rings (SSSR count). The maximum Gasteiger partial charge on any atom is 0.222 e. The lowest BCUT2D eigenvalue weighted by molar-refractivity contribution is -0.124. The largest absolute Gasteiger partial charge is 0.378 e. The van der Waals surface area contributed by atoms with E-state index in [4.69, 9.17) is 11.2 Å². The van der Waals surface area contributed by atoms with Crippen molar-refractivity contribution >= 4 is 5.91 Å². The zero-order valence-electron chi connectivity index (χ0n) is 9.84. The van der Waals surface area contributed by atoms with Gasteiger partial charge in [0.2, 0.25) is 5.91 Å². The first kappa shape index (κ1) is 13.1. The molecule has 0 saturated carbocycles. The van der Waals surface area contributed by atoms with Crippen molar-refractivity contribution in [3.63, 3.8) is 0 Å². The minimum atomic E-state index is 0.104. The van der Waals surface area contributed by atoms with Crippen molar-refractivity contribution < 1.29 is 9.53 Å². The fourth-order valence-electron chi connectivity index (χ4n) is 1.83. The monoisotopic (exact) mass is 223 g/mol. The highest BCUT2D eigenvalue weighted by atomic mass is 16.5. The highest BCUT2D eigenvalue weighted by Gasteiger charge is 2.16. The fourth-order valence-corrected chi connectivity index (χ4v) is 1.83. The van der Waals surface area contributed by atoms with Crippen LogP contribution in [0.5, 0.6) is 0 Å². The van der Waals surface area contributed by atoms with E-state index in [0.29, 0.717) is 6.42 Å². The SMILES string of the molecule is C#CCCCCNC(=O)CC1CCCCO1. The van der Waals surface area contributed by atoms with Crippen LogP contribution in [0.15, 0.2) is 0 Å². The molecule has 1 amide bonds. The number of hydrogen-bond acceptors (Lipinski definition) is 2. The van der Waals surface area contributed by atoms with Gasteiger partial charge in [-0.3, -0.25) is 4.79 Å². The van der Waals surface area contributed by atoms with E-state index >= 15 is 0 Å². The van der Waals surface area contributed by atoms with Crippen molar-refractivity contribution in [2.45, 2.75) is 51.0 Å². The Morgan fingerprint density at radius 3 is 3.00 bits per heavy atom. The summed E-state index contributed by atoms with van der Waals surface area (Å²) in [6, 6.07) is 0. The van der Waals surface area contributed by atoms with Crippen LogP contribution in [0.25, 0.3) is 0 Å². The predicted octanol–water partition coefficient (Wildman–Crippen LogP) is 1.87. The minimum Gasteiger partial charge on any atom is -0.378 e. The molecule has 0 bridgehead atoms. The van der Waals surface area contributed by atoms with Crippen LogP contribution < -0.4 is 5.32 Å². The summed E-state index contributed by atoms with van der Waals surface area (Å²) in [5.41, 5.74) is 0. The van der Waals surface area contributed by atoms with Gasteiger partial charge in [0.15, 0.2) is 0 Å². The van der Waals surface area contributed by atoms with Crippen molar-refractivity contribution in [1.29, 1.82) is 0 Å². The lowest BCUT2D eigenvalue weighted by Crippen LogP contribution is -2.30. The van der Waals surface area contributed by atoms with E-state index in [0.717, 1.165) is 45.3 Å². The van der Waals surface area contributed by atoms with E-state index in [2.05, 4.69) is 11.2 Å². The molecule has 1 saturated heterocycles. The Labute approximate surface area is 97.9 Å². The molecule has 1 aliphatic heterocycles. The summed E-state index contributed by atoms with van der Waals surface area (Å²) in [6.45, 7) is 1.54. The Balaban J connectivity index is 1.99. The van der Waals surface area contributed by atoms with Gasteiger partial charge in [0, 0.05) is 19.6 Å². The third-order valence-corrected chi connectivity index (χ3v) is 2.76. The van der Waals surface area contributed by atoms with Gasteiger partial charge in [0.05, 0.1) is 12.5 Å². The van der Waals surface area contributed by atoms with Gasteiger partial charge >= 0.3 is 0 Å². The van der Waals surface area contributed by atoms with Crippen LogP contribution in [0.1, 0.15) is 44.9 Å². The van der Waals surface area contributed by atoms with Crippen LogP contribution in [0.4, 0.5) is 0 Å². The maximum absolute atomic E-state index is 11.5. The molecule has 90 valence electrons. The molecule has 0 aromatic heterocycles. The number of terminal acetylenes is 1. The first-order valence-corrected chi connectivity index (χ1v) is 6.14. The van der Waals surface area contributed by atoms with Crippen LogP contribution in [0.2, 0.25) is 0 Å². The second-order valence-corrected chi connectivity index (χ2v) is 4.20. The highest BCUT2D eigenvalue weighted by molar-refractivity contribution is 5.76. The Hall–Kier alpha value is -1.01. The molecule has 0 aromatic carbocycles. The lowest BCUT2D eigenvalue weighted by atomic mass is 10.1. The summed E-state index contributed by atoms with van der Waals surface area (Å²) in [4.78, 5) is 11.5. The number of unbranched alkanes of at least 4 members (excludes halogenated alkanes) is 2. The third kappa shape index (κ3) is 5.77. The second kappa shape index (κ2) is 8.18. The Bertz CT molecular complexity index is 239. The van der Waals surface area contributed by atoms with Crippen molar-refractivity contribution in [3.05, 3.63) is 0 Å². The van der Waals surface area contributed by atoms with Crippen molar-refractivity contribution in [2.75, 3.05) is 13.2 Å². The van der Waals surface area contributed by atoms with E-state index in [-0.39, 0.29) is 12.0 Å². The van der Waals surface area contributed by atoms with E-state index in [1.165, 1.54) is 6.42 Å². The smallest absolute Gasteiger partial charge is 0.222 e. The molecule has 0 aliphatic carbocycles. The van der Waals surface area contributed by atoms with Crippen LogP contribution in [0, 0.1) is 12.3 Å². The van der Waals surface area contributed by atoms with Gasteiger partial charge in [-0.05, 0) is 32.1 Å². The van der Waals surface area contributed by atoms with Gasteiger partial charge in [-0.15, -0.1) is 12.3 Å². The summed E-state index contributed by atoms with van der Waals surface area (Å²) in [6.07, 6.45) is 11.9. The van der Waals surface area contributed by atoms with Gasteiger partial charge < -0.3 is 10.1 Å². The average molecular weight is 223 g/mol. The fraction of sp³-hybridized carbons (Fsp3) is 0.769. The minimum absolute atomic E-state index is 0.104. The van der Waals surface area contributed by atoms with Crippen LogP contribution in [-0.2, 0) is 9.53 Å². The first-order chi connectivity index (χ1) is 7.83. The summed E-state index contributed by atoms with van der Waals surface area (Å²) in [7, 11) is 0. The van der Waals surface area contributed by atoms with E-state index in [1.807, 2.05) is 0 Å². The van der Waals surface area contributed by atoms with Gasteiger partial charge in [0.1, 0.15) is 0 Å². The van der Waals surface area contributed by atoms with E-state index < -0.39 is 0 Å². The number of rotatable bonds is 6. The Morgan fingerprint density at radius 2 is 2.31 bits per heavy atom. The molecule has 1 atom stereocenters.